The van der Waals surface area contributed by atoms with Crippen LogP contribution in [0.1, 0.15) is 39.9 Å². The van der Waals surface area contributed by atoms with E-state index in [4.69, 9.17) is 4.74 Å². The number of hydrogen-bond acceptors (Lipinski definition) is 4. The third-order valence-corrected chi connectivity index (χ3v) is 5.96. The Kier molecular flexibility index (Phi) is 7.18. The monoisotopic (exact) mass is 437 g/mol. The maximum absolute atomic E-state index is 13.4. The second kappa shape index (κ2) is 9.85. The molecule has 0 spiro atoms. The molecular formula is C25H31N3O4. The van der Waals surface area contributed by atoms with Crippen LogP contribution in [0.2, 0.25) is 0 Å². The van der Waals surface area contributed by atoms with Crippen molar-refractivity contribution < 1.29 is 19.1 Å². The highest BCUT2D eigenvalue weighted by molar-refractivity contribution is 5.98. The van der Waals surface area contributed by atoms with Crippen LogP contribution in [0.25, 0.3) is 0 Å². The molecule has 1 N–H and O–H groups in total. The van der Waals surface area contributed by atoms with Gasteiger partial charge >= 0.3 is 0 Å². The molecule has 1 saturated heterocycles. The maximum atomic E-state index is 13.4. The smallest absolute Gasteiger partial charge is 0.257 e. The van der Waals surface area contributed by atoms with E-state index in [0.717, 1.165) is 16.7 Å². The molecule has 7 nitrogen and oxygen atoms in total. The number of nitrogens with zero attached hydrogens (tertiary/aromatic N) is 2. The second-order valence-electron chi connectivity index (χ2n) is 8.46. The minimum absolute atomic E-state index is 0.00355. The number of carbonyl (C=O) groups is 3. The predicted octanol–water partition coefficient (Wildman–Crippen LogP) is 2.58. The van der Waals surface area contributed by atoms with Crippen molar-refractivity contribution in [1.29, 1.82) is 0 Å². The molecule has 0 radical (unpaired) electrons. The Bertz CT molecular complexity index is 1000. The largest absolute Gasteiger partial charge is 0.496 e. The molecule has 0 saturated carbocycles. The number of aryl methyl sites for hydroxylation is 1. The molecule has 7 heteroatoms. The van der Waals surface area contributed by atoms with E-state index in [1.165, 1.54) is 6.92 Å². The van der Waals surface area contributed by atoms with E-state index in [0.29, 0.717) is 30.9 Å². The molecule has 170 valence electrons. The lowest BCUT2D eigenvalue weighted by molar-refractivity contribution is -0.132. The van der Waals surface area contributed by atoms with Gasteiger partial charge in [0.15, 0.2) is 0 Å². The number of likely N-dealkylation sites (tertiary alicyclic amines) is 1. The standard InChI is InChI=1S/C25H31N3O4/c1-16-7-6-8-20(23(16)32-5)25(31)28-14-21(22(15-28)24(30)27(3)4)19-11-9-18(10-12-19)13-26-17(2)29/h6-12,21-22H,13-15H2,1-5H3,(H,26,29)/t21-,22+/m1/s1. The van der Waals surface area contributed by atoms with E-state index in [9.17, 15) is 14.4 Å². The van der Waals surface area contributed by atoms with Crippen molar-refractivity contribution in [2.24, 2.45) is 5.92 Å². The normalized spacial score (nSPS) is 17.7. The molecule has 1 aliphatic rings. The molecule has 2 aromatic carbocycles. The van der Waals surface area contributed by atoms with Crippen LogP contribution in [-0.4, -0.2) is 61.8 Å². The lowest BCUT2D eigenvalue weighted by atomic mass is 9.87. The third kappa shape index (κ3) is 4.93. The van der Waals surface area contributed by atoms with Crippen molar-refractivity contribution in [2.75, 3.05) is 34.3 Å². The van der Waals surface area contributed by atoms with Crippen LogP contribution in [0, 0.1) is 12.8 Å². The molecule has 0 unspecified atom stereocenters. The summed E-state index contributed by atoms with van der Waals surface area (Å²) in [5, 5.41) is 2.78. The lowest BCUT2D eigenvalue weighted by Crippen LogP contribution is -2.35. The average molecular weight is 438 g/mol. The molecule has 1 heterocycles. The van der Waals surface area contributed by atoms with E-state index < -0.39 is 0 Å². The number of amides is 3. The Labute approximate surface area is 189 Å². The molecule has 2 aromatic rings. The molecule has 0 bridgehead atoms. The van der Waals surface area contributed by atoms with Gasteiger partial charge in [-0.2, -0.15) is 0 Å². The highest BCUT2D eigenvalue weighted by Gasteiger charge is 2.41. The first-order valence-corrected chi connectivity index (χ1v) is 10.7. The van der Waals surface area contributed by atoms with Crippen molar-refractivity contribution >= 4 is 17.7 Å². The van der Waals surface area contributed by atoms with Crippen LogP contribution in [0.15, 0.2) is 42.5 Å². The van der Waals surface area contributed by atoms with Gasteiger partial charge in [0.2, 0.25) is 11.8 Å². The summed E-state index contributed by atoms with van der Waals surface area (Å²) < 4.78 is 5.48. The average Bonchev–Trinajstić information content (AvgIpc) is 3.22. The topological polar surface area (TPSA) is 79.0 Å². The maximum Gasteiger partial charge on any atom is 0.257 e. The van der Waals surface area contributed by atoms with E-state index in [2.05, 4.69) is 5.32 Å². The molecule has 1 fully saturated rings. The van der Waals surface area contributed by atoms with E-state index in [-0.39, 0.29) is 29.6 Å². The van der Waals surface area contributed by atoms with Crippen molar-refractivity contribution in [3.05, 3.63) is 64.7 Å². The van der Waals surface area contributed by atoms with E-state index in [1.807, 2.05) is 43.3 Å². The number of para-hydroxylation sites is 1. The van der Waals surface area contributed by atoms with Crippen LogP contribution < -0.4 is 10.1 Å². The molecule has 1 aliphatic heterocycles. The van der Waals surface area contributed by atoms with Gasteiger partial charge in [-0.3, -0.25) is 14.4 Å². The van der Waals surface area contributed by atoms with Gasteiger partial charge in [-0.1, -0.05) is 36.4 Å². The predicted molar refractivity (Wildman–Crippen MR) is 123 cm³/mol. The number of methoxy groups -OCH3 is 1. The highest BCUT2D eigenvalue weighted by atomic mass is 16.5. The number of ether oxygens (including phenoxy) is 1. The minimum Gasteiger partial charge on any atom is -0.496 e. The minimum atomic E-state index is -0.328. The zero-order valence-electron chi connectivity index (χ0n) is 19.3. The molecule has 0 aliphatic carbocycles. The highest BCUT2D eigenvalue weighted by Crippen LogP contribution is 2.36. The molecular weight excluding hydrogens is 406 g/mol. The Morgan fingerprint density at radius 3 is 2.38 bits per heavy atom. The molecule has 3 rings (SSSR count). The number of rotatable bonds is 6. The van der Waals surface area contributed by atoms with Crippen LogP contribution in [-0.2, 0) is 16.1 Å². The van der Waals surface area contributed by atoms with Crippen LogP contribution >= 0.6 is 0 Å². The summed E-state index contributed by atoms with van der Waals surface area (Å²) in [6, 6.07) is 13.4. The quantitative estimate of drug-likeness (QED) is 0.754. The van der Waals surface area contributed by atoms with Crippen LogP contribution in [0.5, 0.6) is 5.75 Å². The Balaban J connectivity index is 1.87. The van der Waals surface area contributed by atoms with Gasteiger partial charge in [0.1, 0.15) is 5.75 Å². The van der Waals surface area contributed by atoms with Gasteiger partial charge in [0.05, 0.1) is 18.6 Å². The fourth-order valence-corrected chi connectivity index (χ4v) is 4.26. The Hall–Kier alpha value is -3.35. The van der Waals surface area contributed by atoms with Crippen molar-refractivity contribution in [2.45, 2.75) is 26.3 Å². The van der Waals surface area contributed by atoms with Crippen molar-refractivity contribution in [1.82, 2.24) is 15.1 Å². The third-order valence-electron chi connectivity index (χ3n) is 5.96. The summed E-state index contributed by atoms with van der Waals surface area (Å²) in [6.45, 7) is 4.65. The summed E-state index contributed by atoms with van der Waals surface area (Å²) in [6.07, 6.45) is 0. The molecule has 3 amide bonds. The molecule has 2 atom stereocenters. The summed E-state index contributed by atoms with van der Waals surface area (Å²) in [5.74, 6) is -0.0814. The fraction of sp³-hybridized carbons (Fsp3) is 0.400. The summed E-state index contributed by atoms with van der Waals surface area (Å²) in [7, 11) is 5.04. The Morgan fingerprint density at radius 2 is 1.78 bits per heavy atom. The van der Waals surface area contributed by atoms with Gasteiger partial charge in [0, 0.05) is 46.6 Å². The summed E-state index contributed by atoms with van der Waals surface area (Å²) in [4.78, 5) is 40.8. The van der Waals surface area contributed by atoms with Gasteiger partial charge < -0.3 is 19.9 Å². The van der Waals surface area contributed by atoms with Gasteiger partial charge in [-0.15, -0.1) is 0 Å². The van der Waals surface area contributed by atoms with Gasteiger partial charge in [0.25, 0.3) is 5.91 Å². The number of carbonyl (C=O) groups excluding carboxylic acids is 3. The van der Waals surface area contributed by atoms with Crippen molar-refractivity contribution in [3.8, 4) is 5.75 Å². The summed E-state index contributed by atoms with van der Waals surface area (Å²) >= 11 is 0. The first kappa shape index (κ1) is 23.3. The zero-order valence-corrected chi connectivity index (χ0v) is 19.3. The van der Waals surface area contributed by atoms with E-state index >= 15 is 0 Å². The number of benzene rings is 2. The molecule has 0 aromatic heterocycles. The number of hydrogen-bond donors (Lipinski definition) is 1. The SMILES string of the molecule is COc1c(C)cccc1C(=O)N1C[C@H](C(=O)N(C)C)[C@@H](c2ccc(CNC(C)=O)cc2)C1. The van der Waals surface area contributed by atoms with Crippen LogP contribution in [0.3, 0.4) is 0 Å². The zero-order chi connectivity index (χ0) is 23.4. The van der Waals surface area contributed by atoms with Gasteiger partial charge in [-0.25, -0.2) is 0 Å². The second-order valence-corrected chi connectivity index (χ2v) is 8.46. The van der Waals surface area contributed by atoms with Gasteiger partial charge in [-0.05, 0) is 29.7 Å². The lowest BCUT2D eigenvalue weighted by Gasteiger charge is -2.21. The first-order chi connectivity index (χ1) is 15.2. The van der Waals surface area contributed by atoms with Crippen molar-refractivity contribution in [3.63, 3.8) is 0 Å². The molecule has 32 heavy (non-hydrogen) atoms. The number of nitrogens with one attached hydrogen (secondary N) is 1. The van der Waals surface area contributed by atoms with E-state index in [1.54, 1.807) is 37.1 Å². The Morgan fingerprint density at radius 1 is 1.09 bits per heavy atom. The van der Waals surface area contributed by atoms with Crippen LogP contribution in [0.4, 0.5) is 0 Å². The first-order valence-electron chi connectivity index (χ1n) is 10.7. The fourth-order valence-electron chi connectivity index (χ4n) is 4.26. The summed E-state index contributed by atoms with van der Waals surface area (Å²) in [5.41, 5.74) is 3.39.